The number of anilines is 1. The molecule has 1 aliphatic rings. The third-order valence-corrected chi connectivity index (χ3v) is 5.99. The monoisotopic (exact) mass is 493 g/mol. The molecule has 1 amide bonds. The van der Waals surface area contributed by atoms with Crippen LogP contribution in [-0.2, 0) is 4.79 Å². The Balaban J connectivity index is 1.53. The lowest BCUT2D eigenvalue weighted by atomic mass is 10.1. The minimum atomic E-state index is -0.474. The van der Waals surface area contributed by atoms with E-state index in [9.17, 15) is 25.0 Å². The van der Waals surface area contributed by atoms with E-state index in [0.717, 1.165) is 5.56 Å². The summed E-state index contributed by atoms with van der Waals surface area (Å²) in [4.78, 5) is 36.5. The van der Waals surface area contributed by atoms with Gasteiger partial charge >= 0.3 is 0 Å². The quantitative estimate of drug-likeness (QED) is 0.171. The molecule has 0 radical (unpaired) electrons. The molecule has 0 spiro atoms. The summed E-state index contributed by atoms with van der Waals surface area (Å²) in [6, 6.07) is 23.4. The van der Waals surface area contributed by atoms with Gasteiger partial charge in [0.2, 0.25) is 0 Å². The van der Waals surface area contributed by atoms with Crippen LogP contribution in [-0.4, -0.2) is 15.8 Å². The molecule has 1 aromatic heterocycles. The second-order valence-corrected chi connectivity index (χ2v) is 8.37. The van der Waals surface area contributed by atoms with Crippen molar-refractivity contribution in [1.29, 1.82) is 0 Å². The summed E-state index contributed by atoms with van der Waals surface area (Å²) in [6.07, 6.45) is 3.32. The summed E-state index contributed by atoms with van der Waals surface area (Å²) < 4.78 is 5.89. The Kier molecular flexibility index (Phi) is 5.94. The van der Waals surface area contributed by atoms with E-state index < -0.39 is 9.85 Å². The maximum absolute atomic E-state index is 13.6. The van der Waals surface area contributed by atoms with Gasteiger partial charge < -0.3 is 4.42 Å². The maximum atomic E-state index is 13.6. The van der Waals surface area contributed by atoms with E-state index in [-0.39, 0.29) is 17.3 Å². The molecule has 2 heterocycles. The zero-order chi connectivity index (χ0) is 26.1. The first kappa shape index (κ1) is 23.4. The largest absolute Gasteiger partial charge is 0.457 e. The van der Waals surface area contributed by atoms with Crippen LogP contribution in [0.1, 0.15) is 16.9 Å². The molecule has 0 N–H and O–H groups in total. The molecular weight excluding hydrogens is 474 g/mol. The number of carbonyl (C=O) groups excluding carboxylic acids is 1. The van der Waals surface area contributed by atoms with E-state index in [4.69, 9.17) is 4.42 Å². The summed E-state index contributed by atoms with van der Waals surface area (Å²) in [6.45, 7) is 1.65. The Morgan fingerprint density at radius 3 is 2.24 bits per heavy atom. The van der Waals surface area contributed by atoms with Gasteiger partial charge in [0, 0.05) is 34.9 Å². The average Bonchev–Trinajstić information content (AvgIpc) is 3.50. The van der Waals surface area contributed by atoms with Gasteiger partial charge in [-0.3, -0.25) is 29.9 Å². The molecule has 0 bridgehead atoms. The van der Waals surface area contributed by atoms with Crippen molar-refractivity contribution in [1.82, 2.24) is 0 Å². The van der Waals surface area contributed by atoms with Crippen molar-refractivity contribution in [2.75, 3.05) is 4.90 Å². The zero-order valence-corrected chi connectivity index (χ0v) is 19.5. The van der Waals surface area contributed by atoms with Gasteiger partial charge in [0.05, 0.1) is 21.2 Å². The van der Waals surface area contributed by atoms with Crippen molar-refractivity contribution in [2.24, 2.45) is 0 Å². The van der Waals surface area contributed by atoms with Gasteiger partial charge in [-0.1, -0.05) is 36.4 Å². The molecule has 9 nitrogen and oxygen atoms in total. The smallest absolute Gasteiger partial charge is 0.274 e. The van der Waals surface area contributed by atoms with E-state index >= 15 is 0 Å². The van der Waals surface area contributed by atoms with Crippen molar-refractivity contribution in [2.45, 2.75) is 6.92 Å². The fraction of sp³-hybridized carbons (Fsp3) is 0.0357. The minimum Gasteiger partial charge on any atom is -0.457 e. The van der Waals surface area contributed by atoms with Crippen LogP contribution in [0.25, 0.3) is 23.1 Å². The van der Waals surface area contributed by atoms with Gasteiger partial charge in [0.25, 0.3) is 17.3 Å². The van der Waals surface area contributed by atoms with Gasteiger partial charge in [0.1, 0.15) is 11.5 Å². The molecule has 0 unspecified atom stereocenters. The average molecular weight is 493 g/mol. The first-order valence-corrected chi connectivity index (χ1v) is 11.2. The fourth-order valence-corrected chi connectivity index (χ4v) is 4.11. The molecule has 0 fully saturated rings. The fourth-order valence-electron chi connectivity index (χ4n) is 4.11. The highest BCUT2D eigenvalue weighted by atomic mass is 16.6. The predicted molar refractivity (Wildman–Crippen MR) is 139 cm³/mol. The molecule has 182 valence electrons. The van der Waals surface area contributed by atoms with Crippen LogP contribution in [0.4, 0.5) is 17.1 Å². The molecule has 0 atom stereocenters. The number of aryl methyl sites for hydroxylation is 1. The summed E-state index contributed by atoms with van der Waals surface area (Å²) in [7, 11) is 0. The van der Waals surface area contributed by atoms with Gasteiger partial charge in [-0.25, -0.2) is 0 Å². The topological polar surface area (TPSA) is 120 Å². The first-order chi connectivity index (χ1) is 17.8. The number of nitro groups is 2. The Morgan fingerprint density at radius 2 is 1.57 bits per heavy atom. The number of nitro benzene ring substituents is 2. The summed E-state index contributed by atoms with van der Waals surface area (Å²) >= 11 is 0. The van der Waals surface area contributed by atoms with Crippen LogP contribution in [0.15, 0.2) is 101 Å². The lowest BCUT2D eigenvalue weighted by Gasteiger charge is -2.21. The molecule has 37 heavy (non-hydrogen) atoms. The Labute approximate surface area is 210 Å². The molecular formula is C28H19N3O6. The van der Waals surface area contributed by atoms with Crippen LogP contribution in [0.5, 0.6) is 0 Å². The normalized spacial score (nSPS) is 14.2. The van der Waals surface area contributed by atoms with Crippen LogP contribution in [0, 0.1) is 27.2 Å². The van der Waals surface area contributed by atoms with E-state index in [2.05, 4.69) is 0 Å². The predicted octanol–water partition coefficient (Wildman–Crippen LogP) is 6.54. The van der Waals surface area contributed by atoms with E-state index in [1.807, 2.05) is 30.3 Å². The van der Waals surface area contributed by atoms with Crippen molar-refractivity contribution >= 4 is 34.7 Å². The molecule has 0 saturated carbocycles. The van der Waals surface area contributed by atoms with Crippen molar-refractivity contribution in [3.63, 3.8) is 0 Å². The molecule has 9 heteroatoms. The molecule has 3 aromatic carbocycles. The van der Waals surface area contributed by atoms with Gasteiger partial charge in [0.15, 0.2) is 0 Å². The summed E-state index contributed by atoms with van der Waals surface area (Å²) in [5, 5.41) is 22.4. The number of hydrogen-bond acceptors (Lipinski definition) is 6. The van der Waals surface area contributed by atoms with Crippen LogP contribution in [0.2, 0.25) is 0 Å². The molecule has 0 saturated heterocycles. The molecule has 1 aliphatic heterocycles. The van der Waals surface area contributed by atoms with E-state index in [0.29, 0.717) is 39.6 Å². The van der Waals surface area contributed by atoms with Gasteiger partial charge in [-0.05, 0) is 55.0 Å². The number of furan rings is 1. The number of amides is 1. The van der Waals surface area contributed by atoms with Crippen molar-refractivity contribution < 1.29 is 19.1 Å². The second kappa shape index (κ2) is 9.38. The van der Waals surface area contributed by atoms with E-state index in [1.54, 1.807) is 55.5 Å². The Morgan fingerprint density at radius 1 is 0.838 bits per heavy atom. The van der Waals surface area contributed by atoms with Crippen molar-refractivity contribution in [3.8, 4) is 11.3 Å². The lowest BCUT2D eigenvalue weighted by molar-refractivity contribution is -0.385. The molecule has 0 aliphatic carbocycles. The number of hydrogen-bond donors (Lipinski definition) is 0. The summed E-state index contributed by atoms with van der Waals surface area (Å²) in [5.41, 5.74) is 3.13. The third-order valence-electron chi connectivity index (χ3n) is 5.99. The van der Waals surface area contributed by atoms with E-state index in [1.165, 1.54) is 23.1 Å². The zero-order valence-electron chi connectivity index (χ0n) is 19.5. The lowest BCUT2D eigenvalue weighted by Crippen LogP contribution is -2.25. The third kappa shape index (κ3) is 4.53. The van der Waals surface area contributed by atoms with Crippen LogP contribution >= 0.6 is 0 Å². The Hall–Kier alpha value is -5.31. The highest BCUT2D eigenvalue weighted by Gasteiger charge is 2.32. The van der Waals surface area contributed by atoms with Crippen LogP contribution < -0.4 is 4.90 Å². The number of nitrogens with zero attached hydrogens (tertiary/aromatic N) is 3. The number of benzene rings is 3. The molecule has 4 aromatic rings. The maximum Gasteiger partial charge on any atom is 0.274 e. The highest BCUT2D eigenvalue weighted by molar-refractivity contribution is 6.23. The number of non-ortho nitro benzene ring substituents is 1. The van der Waals surface area contributed by atoms with Gasteiger partial charge in [-0.15, -0.1) is 0 Å². The van der Waals surface area contributed by atoms with Crippen LogP contribution in [0.3, 0.4) is 0 Å². The highest BCUT2D eigenvalue weighted by Crippen LogP contribution is 2.37. The SMILES string of the molecule is Cc1ccc(N2C(=O)C(=Cc3ccc(-c4ccc([N+](=O)[O-])cc4)o3)C=C2c2ccccc2)cc1[N+](=O)[O-]. The van der Waals surface area contributed by atoms with Crippen molar-refractivity contribution in [3.05, 3.63) is 134 Å². The standard InChI is InChI=1S/C28H19N3O6/c1-18-7-10-23(17-25(18)31(35)36)29-26(19-5-3-2-4-6-19)16-21(28(29)32)15-24-13-14-27(37-24)20-8-11-22(12-9-20)30(33)34/h2-17H,1H3. The minimum absolute atomic E-state index is 0.0239. The number of rotatable bonds is 6. The second-order valence-electron chi connectivity index (χ2n) is 8.37. The first-order valence-electron chi connectivity index (χ1n) is 11.2. The van der Waals surface area contributed by atoms with Gasteiger partial charge in [-0.2, -0.15) is 0 Å². The number of carbonyl (C=O) groups is 1. The summed E-state index contributed by atoms with van der Waals surface area (Å²) in [5.74, 6) is 0.549. The Bertz CT molecular complexity index is 1600. The molecule has 5 rings (SSSR count).